The Balaban J connectivity index is 1.96. The molecule has 0 aromatic carbocycles. The van der Waals surface area contributed by atoms with Gasteiger partial charge in [-0.15, -0.1) is 23.5 Å². The van der Waals surface area contributed by atoms with E-state index in [0.29, 0.717) is 22.9 Å². The van der Waals surface area contributed by atoms with Gasteiger partial charge in [-0.1, -0.05) is 203 Å². The number of nitrogens with one attached hydrogen (secondary N) is 2. The molecule has 0 aromatic rings. The first-order valence-corrected chi connectivity index (χ1v) is 25.5. The van der Waals surface area contributed by atoms with Crippen LogP contribution in [0.1, 0.15) is 182 Å². The molecule has 2 N–H and O–H groups in total. The van der Waals surface area contributed by atoms with Gasteiger partial charge in [-0.3, -0.25) is 9.59 Å². The summed E-state index contributed by atoms with van der Waals surface area (Å²) in [5.74, 6) is 2.11. The van der Waals surface area contributed by atoms with E-state index in [0.717, 1.165) is 29.9 Å². The van der Waals surface area contributed by atoms with Gasteiger partial charge in [-0.25, -0.2) is 0 Å². The Morgan fingerprint density at radius 2 is 0.720 bits per heavy atom. The minimum atomic E-state index is -0.112. The average molecular weight is 803 g/mol. The number of rotatable bonds is 32. The van der Waals surface area contributed by atoms with Crippen LogP contribution in [-0.4, -0.2) is 36.4 Å². The van der Waals surface area contributed by atoms with Crippen molar-refractivity contribution in [3.8, 4) is 0 Å². The van der Waals surface area contributed by atoms with Crippen LogP contribution in [0.5, 0.6) is 0 Å². The zero-order valence-corrected chi connectivity index (χ0v) is 37.0. The van der Waals surface area contributed by atoms with Gasteiger partial charge in [0, 0.05) is 13.1 Å². The van der Waals surface area contributed by atoms with Gasteiger partial charge in [0.1, 0.15) is 0 Å². The Bertz CT molecular complexity index is 969. The monoisotopic (exact) mass is 802 g/mol. The molecule has 0 aliphatic carbocycles. The first kappa shape index (κ1) is 46.4. The summed E-state index contributed by atoms with van der Waals surface area (Å²) in [5, 5.41) is 6.14. The number of amides is 2. The molecule has 2 amide bonds. The van der Waals surface area contributed by atoms with Gasteiger partial charge in [0.05, 0.1) is 26.8 Å². The van der Waals surface area contributed by atoms with Gasteiger partial charge >= 0.3 is 0 Å². The van der Waals surface area contributed by atoms with E-state index < -0.39 is 0 Å². The third-order valence-electron chi connectivity index (χ3n) is 8.81. The molecule has 10 heteroatoms. The van der Waals surface area contributed by atoms with Crippen molar-refractivity contribution in [3.63, 3.8) is 0 Å². The van der Waals surface area contributed by atoms with Crippen molar-refractivity contribution in [2.75, 3.05) is 24.6 Å². The zero-order valence-electron chi connectivity index (χ0n) is 32.1. The van der Waals surface area contributed by atoms with Gasteiger partial charge in [0.2, 0.25) is 0 Å². The molecule has 2 heterocycles. The number of hydrogen-bond acceptors (Lipinski definition) is 8. The molecule has 50 heavy (non-hydrogen) atoms. The molecule has 0 saturated heterocycles. The predicted molar refractivity (Wildman–Crippen MR) is 236 cm³/mol. The first-order chi connectivity index (χ1) is 24.5. The lowest BCUT2D eigenvalue weighted by molar-refractivity contribution is -0.119. The molecule has 0 unspecified atom stereocenters. The molecule has 288 valence electrons. The molecule has 2 aliphatic rings. The lowest BCUT2D eigenvalue weighted by Gasteiger charge is -2.07. The van der Waals surface area contributed by atoms with Gasteiger partial charge in [0.25, 0.3) is 11.8 Å². The molecule has 0 spiro atoms. The van der Waals surface area contributed by atoms with E-state index in [-0.39, 0.29) is 11.8 Å². The van der Waals surface area contributed by atoms with Crippen molar-refractivity contribution in [1.82, 2.24) is 10.6 Å². The van der Waals surface area contributed by atoms with E-state index in [1.807, 2.05) is 47.0 Å². The van der Waals surface area contributed by atoms with Crippen molar-refractivity contribution >= 4 is 82.4 Å². The molecule has 0 atom stereocenters. The Kier molecular flexibility index (Phi) is 29.3. The minimum Gasteiger partial charge on any atom is -0.352 e. The fourth-order valence-electron chi connectivity index (χ4n) is 5.64. The third kappa shape index (κ3) is 20.6. The van der Waals surface area contributed by atoms with Gasteiger partial charge in [-0.2, -0.15) is 0 Å². The van der Waals surface area contributed by atoms with E-state index in [4.69, 9.17) is 0 Å². The molecule has 0 aromatic heterocycles. The Morgan fingerprint density at radius 1 is 0.420 bits per heavy atom. The molecule has 2 rings (SSSR count). The van der Waals surface area contributed by atoms with Crippen molar-refractivity contribution in [2.45, 2.75) is 182 Å². The third-order valence-corrected chi connectivity index (χ3v) is 17.6. The normalized spacial score (nSPS) is 14.8. The van der Waals surface area contributed by atoms with Crippen LogP contribution in [0.2, 0.25) is 0 Å². The van der Waals surface area contributed by atoms with Gasteiger partial charge in [0.15, 0.2) is 0 Å². The quantitative estimate of drug-likeness (QED) is 0.0652. The molecule has 4 nitrogen and oxygen atoms in total. The van der Waals surface area contributed by atoms with Crippen molar-refractivity contribution < 1.29 is 9.59 Å². The SMILES string of the molecule is CCCCCCCCCCCCSC1=C(SCCCCCCCCCCCC)SC(=C2SC(C(=O)NCCCC)=C(C(=O)NCCCC)S2)S1. The first-order valence-electron chi connectivity index (χ1n) is 20.3. The maximum Gasteiger partial charge on any atom is 0.259 e. The molecule has 0 fully saturated rings. The highest BCUT2D eigenvalue weighted by molar-refractivity contribution is 8.42. The lowest BCUT2D eigenvalue weighted by atomic mass is 10.1. The summed E-state index contributed by atoms with van der Waals surface area (Å²) in [4.78, 5) is 27.7. The fraction of sp³-hybridized carbons (Fsp3) is 0.800. The number of hydrogen-bond donors (Lipinski definition) is 2. The number of carbonyl (C=O) groups is 2. The van der Waals surface area contributed by atoms with E-state index in [2.05, 4.69) is 38.3 Å². The zero-order chi connectivity index (χ0) is 36.1. The Morgan fingerprint density at radius 3 is 1.06 bits per heavy atom. The minimum absolute atomic E-state index is 0.112. The van der Waals surface area contributed by atoms with Gasteiger partial charge in [-0.05, 0) is 37.2 Å². The van der Waals surface area contributed by atoms with Gasteiger partial charge < -0.3 is 10.6 Å². The summed E-state index contributed by atoms with van der Waals surface area (Å²) >= 11 is 10.8. The molecule has 0 saturated carbocycles. The highest BCUT2D eigenvalue weighted by Gasteiger charge is 2.35. The summed E-state index contributed by atoms with van der Waals surface area (Å²) < 4.78 is 5.20. The Hall–Kier alpha value is 0.260. The van der Waals surface area contributed by atoms with Crippen LogP contribution in [0.15, 0.2) is 26.8 Å². The number of carbonyl (C=O) groups excluding carboxylic acids is 2. The van der Waals surface area contributed by atoms with Crippen LogP contribution >= 0.6 is 70.6 Å². The van der Waals surface area contributed by atoms with Crippen LogP contribution in [0, 0.1) is 0 Å². The average Bonchev–Trinajstić information content (AvgIpc) is 3.75. The van der Waals surface area contributed by atoms with E-state index in [1.165, 1.54) is 176 Å². The van der Waals surface area contributed by atoms with Crippen molar-refractivity contribution in [1.29, 1.82) is 0 Å². The molecule has 0 radical (unpaired) electrons. The highest BCUT2D eigenvalue weighted by Crippen LogP contribution is 2.63. The summed E-state index contributed by atoms with van der Waals surface area (Å²) in [6.45, 7) is 10.1. The van der Waals surface area contributed by atoms with E-state index in [9.17, 15) is 9.59 Å². The van der Waals surface area contributed by atoms with E-state index >= 15 is 0 Å². The summed E-state index contributed by atoms with van der Waals surface area (Å²) in [7, 11) is 0. The second kappa shape index (κ2) is 31.6. The molecular formula is C40H70N2O2S6. The standard InChI is InChI=1S/C40H70N2O2S6/c1-5-9-13-15-17-19-21-23-25-27-31-45-37-38(46-32-28-26-24-22-20-18-16-14-10-6-2)50-40(49-37)39-47-33(35(43)41-29-11-7-3)34(48-39)36(44)42-30-12-8-4/h5-32H2,1-4H3,(H,41,43)(H,42,44). The Labute approximate surface area is 333 Å². The smallest absolute Gasteiger partial charge is 0.259 e. The summed E-state index contributed by atoms with van der Waals surface area (Å²) in [6.07, 6.45) is 31.3. The summed E-state index contributed by atoms with van der Waals surface area (Å²) in [6, 6.07) is 0. The van der Waals surface area contributed by atoms with Crippen molar-refractivity contribution in [2.24, 2.45) is 0 Å². The topological polar surface area (TPSA) is 58.2 Å². The predicted octanol–water partition coefficient (Wildman–Crippen LogP) is 14.6. The summed E-state index contributed by atoms with van der Waals surface area (Å²) in [5.41, 5.74) is 0. The largest absolute Gasteiger partial charge is 0.352 e. The molecule has 2 aliphatic heterocycles. The second-order valence-corrected chi connectivity index (χ2v) is 20.8. The molecule has 0 bridgehead atoms. The number of unbranched alkanes of at least 4 members (excludes halogenated alkanes) is 20. The fourth-order valence-corrected chi connectivity index (χ4v) is 14.4. The maximum absolute atomic E-state index is 13.3. The van der Waals surface area contributed by atoms with Crippen LogP contribution in [0.3, 0.4) is 0 Å². The van der Waals surface area contributed by atoms with Crippen molar-refractivity contribution in [3.05, 3.63) is 26.8 Å². The maximum atomic E-state index is 13.3. The van der Waals surface area contributed by atoms with E-state index in [1.54, 1.807) is 0 Å². The highest BCUT2D eigenvalue weighted by atomic mass is 32.3. The van der Waals surface area contributed by atoms with Crippen LogP contribution in [-0.2, 0) is 9.59 Å². The molecular weight excluding hydrogens is 733 g/mol. The second-order valence-electron chi connectivity index (χ2n) is 13.5. The van der Waals surface area contributed by atoms with Crippen LogP contribution in [0.4, 0.5) is 0 Å². The number of thioether (sulfide) groups is 6. The van der Waals surface area contributed by atoms with Crippen LogP contribution < -0.4 is 10.6 Å². The van der Waals surface area contributed by atoms with Crippen LogP contribution in [0.25, 0.3) is 0 Å². The lowest BCUT2D eigenvalue weighted by Crippen LogP contribution is -2.29.